The highest BCUT2D eigenvalue weighted by Crippen LogP contribution is 2.15. The molecule has 1 heterocycles. The summed E-state index contributed by atoms with van der Waals surface area (Å²) < 4.78 is 5.75. The van der Waals surface area contributed by atoms with Gasteiger partial charge in [-0.05, 0) is 56.0 Å². The predicted octanol–water partition coefficient (Wildman–Crippen LogP) is 2.30. The van der Waals surface area contributed by atoms with Crippen LogP contribution in [0.25, 0.3) is 0 Å². The number of hydrogen-bond donors (Lipinski definition) is 2. The van der Waals surface area contributed by atoms with Gasteiger partial charge >= 0.3 is 0 Å². The van der Waals surface area contributed by atoms with Crippen LogP contribution in [0.4, 0.5) is 0 Å². The standard InChI is InChI=1S/C14H21NO2/c16-14-5-3-13(4-6-14)11-17-10-12-2-1-8-15-9-7-12/h3-6,12,15-16H,1-2,7-11H2. The van der Waals surface area contributed by atoms with Crippen LogP contribution in [-0.2, 0) is 11.3 Å². The van der Waals surface area contributed by atoms with Gasteiger partial charge in [0.05, 0.1) is 6.61 Å². The number of aromatic hydroxyl groups is 1. The Morgan fingerprint density at radius 3 is 2.82 bits per heavy atom. The summed E-state index contributed by atoms with van der Waals surface area (Å²) in [6.45, 7) is 3.76. The van der Waals surface area contributed by atoms with Crippen molar-refractivity contribution in [2.75, 3.05) is 19.7 Å². The molecule has 0 saturated carbocycles. The van der Waals surface area contributed by atoms with Gasteiger partial charge in [-0.25, -0.2) is 0 Å². The van der Waals surface area contributed by atoms with E-state index in [0.717, 1.165) is 25.3 Å². The summed E-state index contributed by atoms with van der Waals surface area (Å²) in [5, 5.41) is 12.6. The molecule has 1 aliphatic rings. The smallest absolute Gasteiger partial charge is 0.115 e. The third-order valence-corrected chi connectivity index (χ3v) is 3.25. The fourth-order valence-corrected chi connectivity index (χ4v) is 2.19. The van der Waals surface area contributed by atoms with E-state index in [9.17, 15) is 0 Å². The minimum Gasteiger partial charge on any atom is -0.508 e. The van der Waals surface area contributed by atoms with Gasteiger partial charge in [0.1, 0.15) is 5.75 Å². The average molecular weight is 235 g/mol. The summed E-state index contributed by atoms with van der Waals surface area (Å²) >= 11 is 0. The van der Waals surface area contributed by atoms with Crippen LogP contribution < -0.4 is 5.32 Å². The fourth-order valence-electron chi connectivity index (χ4n) is 2.19. The van der Waals surface area contributed by atoms with Crippen molar-refractivity contribution in [2.45, 2.75) is 25.9 Å². The van der Waals surface area contributed by atoms with Crippen LogP contribution in [0.3, 0.4) is 0 Å². The maximum atomic E-state index is 9.17. The molecule has 1 saturated heterocycles. The van der Waals surface area contributed by atoms with Crippen molar-refractivity contribution in [1.29, 1.82) is 0 Å². The molecule has 1 atom stereocenters. The zero-order valence-electron chi connectivity index (χ0n) is 10.2. The van der Waals surface area contributed by atoms with E-state index < -0.39 is 0 Å². The van der Waals surface area contributed by atoms with E-state index >= 15 is 0 Å². The van der Waals surface area contributed by atoms with Crippen molar-refractivity contribution < 1.29 is 9.84 Å². The van der Waals surface area contributed by atoms with E-state index in [1.54, 1.807) is 12.1 Å². The summed E-state index contributed by atoms with van der Waals surface area (Å²) in [4.78, 5) is 0. The van der Waals surface area contributed by atoms with Gasteiger partial charge in [0, 0.05) is 6.61 Å². The second kappa shape index (κ2) is 6.62. The van der Waals surface area contributed by atoms with Crippen molar-refractivity contribution in [1.82, 2.24) is 5.32 Å². The first kappa shape index (κ1) is 12.4. The number of hydrogen-bond acceptors (Lipinski definition) is 3. The Kier molecular flexibility index (Phi) is 4.83. The highest BCUT2D eigenvalue weighted by Gasteiger charge is 2.11. The lowest BCUT2D eigenvalue weighted by Crippen LogP contribution is -2.15. The number of rotatable bonds is 4. The summed E-state index contributed by atoms with van der Waals surface area (Å²) in [7, 11) is 0. The molecule has 0 aromatic heterocycles. The topological polar surface area (TPSA) is 41.5 Å². The first-order valence-electron chi connectivity index (χ1n) is 6.41. The van der Waals surface area contributed by atoms with Crippen molar-refractivity contribution in [3.05, 3.63) is 29.8 Å². The lowest BCUT2D eigenvalue weighted by Gasteiger charge is -2.13. The molecule has 17 heavy (non-hydrogen) atoms. The van der Waals surface area contributed by atoms with Crippen molar-refractivity contribution >= 4 is 0 Å². The molecule has 3 nitrogen and oxygen atoms in total. The van der Waals surface area contributed by atoms with Gasteiger partial charge in [-0.2, -0.15) is 0 Å². The molecule has 1 aromatic rings. The molecular formula is C14H21NO2. The Hall–Kier alpha value is -1.06. The number of benzene rings is 1. The Bertz CT molecular complexity index is 315. The third-order valence-electron chi connectivity index (χ3n) is 3.25. The molecule has 0 amide bonds. The molecule has 0 spiro atoms. The first-order valence-corrected chi connectivity index (χ1v) is 6.41. The van der Waals surface area contributed by atoms with E-state index in [4.69, 9.17) is 9.84 Å². The number of nitrogens with one attached hydrogen (secondary N) is 1. The molecule has 2 N–H and O–H groups in total. The second-order valence-corrected chi connectivity index (χ2v) is 4.73. The molecule has 1 aliphatic heterocycles. The van der Waals surface area contributed by atoms with Crippen LogP contribution in [0.2, 0.25) is 0 Å². The van der Waals surface area contributed by atoms with Crippen LogP contribution in [0, 0.1) is 5.92 Å². The van der Waals surface area contributed by atoms with Crippen LogP contribution in [0.5, 0.6) is 5.75 Å². The summed E-state index contributed by atoms with van der Waals surface area (Å²) in [5.74, 6) is 1.01. The molecule has 1 unspecified atom stereocenters. The van der Waals surface area contributed by atoms with Crippen LogP contribution >= 0.6 is 0 Å². The van der Waals surface area contributed by atoms with Gasteiger partial charge in [-0.3, -0.25) is 0 Å². The van der Waals surface area contributed by atoms with E-state index in [0.29, 0.717) is 18.3 Å². The minimum atomic E-state index is 0.309. The fraction of sp³-hybridized carbons (Fsp3) is 0.571. The Morgan fingerprint density at radius 2 is 2.00 bits per heavy atom. The highest BCUT2D eigenvalue weighted by atomic mass is 16.5. The molecule has 2 rings (SSSR count). The summed E-state index contributed by atoms with van der Waals surface area (Å²) in [5.41, 5.74) is 1.12. The quantitative estimate of drug-likeness (QED) is 0.841. The predicted molar refractivity (Wildman–Crippen MR) is 68.0 cm³/mol. The molecule has 0 bridgehead atoms. The molecule has 94 valence electrons. The normalized spacial score (nSPS) is 21.1. The largest absolute Gasteiger partial charge is 0.508 e. The van der Waals surface area contributed by atoms with Gasteiger partial charge in [-0.15, -0.1) is 0 Å². The van der Waals surface area contributed by atoms with Gasteiger partial charge in [0.2, 0.25) is 0 Å². The lowest BCUT2D eigenvalue weighted by molar-refractivity contribution is 0.0829. The third kappa shape index (κ3) is 4.36. The van der Waals surface area contributed by atoms with Gasteiger partial charge in [0.15, 0.2) is 0 Å². The lowest BCUT2D eigenvalue weighted by atomic mass is 10.0. The number of phenolic OH excluding ortho intramolecular Hbond substituents is 1. The zero-order chi connectivity index (χ0) is 11.9. The van der Waals surface area contributed by atoms with Crippen LogP contribution in [0.1, 0.15) is 24.8 Å². The Labute approximate surface area is 103 Å². The van der Waals surface area contributed by atoms with E-state index in [-0.39, 0.29) is 0 Å². The SMILES string of the molecule is Oc1ccc(COCC2CCCNCC2)cc1. The molecule has 1 fully saturated rings. The maximum absolute atomic E-state index is 9.17. The van der Waals surface area contributed by atoms with Gasteiger partial charge in [-0.1, -0.05) is 12.1 Å². The minimum absolute atomic E-state index is 0.309. The van der Waals surface area contributed by atoms with Gasteiger partial charge in [0.25, 0.3) is 0 Å². The van der Waals surface area contributed by atoms with Crippen LogP contribution in [0.15, 0.2) is 24.3 Å². The van der Waals surface area contributed by atoms with E-state index in [1.165, 1.54) is 19.3 Å². The Balaban J connectivity index is 1.69. The van der Waals surface area contributed by atoms with Crippen molar-refractivity contribution in [3.8, 4) is 5.75 Å². The molecular weight excluding hydrogens is 214 g/mol. The van der Waals surface area contributed by atoms with Crippen LogP contribution in [-0.4, -0.2) is 24.8 Å². The summed E-state index contributed by atoms with van der Waals surface area (Å²) in [6, 6.07) is 7.22. The first-order chi connectivity index (χ1) is 8.34. The maximum Gasteiger partial charge on any atom is 0.115 e. The van der Waals surface area contributed by atoms with E-state index in [1.807, 2.05) is 12.1 Å². The second-order valence-electron chi connectivity index (χ2n) is 4.73. The summed E-state index contributed by atoms with van der Waals surface area (Å²) in [6.07, 6.45) is 3.74. The molecule has 0 radical (unpaired) electrons. The van der Waals surface area contributed by atoms with E-state index in [2.05, 4.69) is 5.32 Å². The average Bonchev–Trinajstić information content (AvgIpc) is 2.60. The molecule has 1 aromatic carbocycles. The number of phenols is 1. The van der Waals surface area contributed by atoms with Crippen molar-refractivity contribution in [2.24, 2.45) is 5.92 Å². The zero-order valence-corrected chi connectivity index (χ0v) is 10.2. The Morgan fingerprint density at radius 1 is 1.18 bits per heavy atom. The van der Waals surface area contributed by atoms with Crippen molar-refractivity contribution in [3.63, 3.8) is 0 Å². The monoisotopic (exact) mass is 235 g/mol. The molecule has 0 aliphatic carbocycles. The van der Waals surface area contributed by atoms with Gasteiger partial charge < -0.3 is 15.2 Å². The highest BCUT2D eigenvalue weighted by molar-refractivity contribution is 5.25. The molecule has 3 heteroatoms. The number of ether oxygens (including phenoxy) is 1.